The molecule has 1 rings (SSSR count). The number of nitrogens with zero attached hydrogens (tertiary/aromatic N) is 2. The van der Waals surface area contributed by atoms with Crippen molar-refractivity contribution in [2.24, 2.45) is 0 Å². The molecule has 0 N–H and O–H groups in total. The normalized spacial score (nSPS) is 9.56. The van der Waals surface area contributed by atoms with Crippen LogP contribution in [0, 0.1) is 0 Å². The van der Waals surface area contributed by atoms with E-state index in [1.54, 1.807) is 0 Å². The first kappa shape index (κ1) is 6.95. The summed E-state index contributed by atoms with van der Waals surface area (Å²) in [6.07, 6.45) is 3.04. The van der Waals surface area contributed by atoms with E-state index in [0.717, 1.165) is 0 Å². The van der Waals surface area contributed by atoms with Crippen LogP contribution in [0.1, 0.15) is 0 Å². The fourth-order valence-corrected chi connectivity index (χ4v) is 1.19. The van der Waals surface area contributed by atoms with Gasteiger partial charge in [-0.15, -0.1) is 0 Å². The quantitative estimate of drug-likeness (QED) is 0.696. The largest absolute Gasteiger partial charge is 0.293 e. The maximum atomic E-state index is 10.8. The summed E-state index contributed by atoms with van der Waals surface area (Å²) in [4.78, 5) is 14.5. The lowest BCUT2D eigenvalue weighted by Crippen LogP contribution is -2.12. The van der Waals surface area contributed by atoms with Crippen molar-refractivity contribution in [1.82, 2.24) is 8.58 Å². The highest BCUT2D eigenvalue weighted by atomic mass is 79.9. The third-order valence-electron chi connectivity index (χ3n) is 0.756. The Balaban J connectivity index is 3.43. The predicted molar refractivity (Wildman–Crippen MR) is 40.5 cm³/mol. The van der Waals surface area contributed by atoms with Crippen LogP contribution in [-0.4, -0.2) is 8.58 Å². The van der Waals surface area contributed by atoms with Crippen LogP contribution in [-0.2, 0) is 0 Å². The standard InChI is InChI=1S/C4H2Br2N2O/c5-3-4(9)8(6)2-1-7-3/h1-2H. The van der Waals surface area contributed by atoms with E-state index < -0.39 is 0 Å². The van der Waals surface area contributed by atoms with Crippen LogP contribution in [0.5, 0.6) is 0 Å². The van der Waals surface area contributed by atoms with Crippen LogP contribution >= 0.6 is 32.1 Å². The first-order valence-corrected chi connectivity index (χ1v) is 3.61. The van der Waals surface area contributed by atoms with Gasteiger partial charge in [-0.1, -0.05) is 0 Å². The Labute approximate surface area is 68.2 Å². The molecule has 0 aromatic carbocycles. The Morgan fingerprint density at radius 2 is 2.33 bits per heavy atom. The van der Waals surface area contributed by atoms with E-state index in [1.165, 1.54) is 16.0 Å². The molecule has 1 aromatic heterocycles. The maximum absolute atomic E-state index is 10.8. The summed E-state index contributed by atoms with van der Waals surface area (Å²) in [5, 5.41) is 0. The Morgan fingerprint density at radius 1 is 1.67 bits per heavy atom. The van der Waals surface area contributed by atoms with Crippen LogP contribution in [0.4, 0.5) is 0 Å². The van der Waals surface area contributed by atoms with Crippen LogP contribution in [0.25, 0.3) is 0 Å². The van der Waals surface area contributed by atoms with Gasteiger partial charge in [0.25, 0.3) is 5.56 Å². The highest BCUT2D eigenvalue weighted by molar-refractivity contribution is 9.10. The fraction of sp³-hybridized carbons (Fsp3) is 0. The molecule has 0 unspecified atom stereocenters. The van der Waals surface area contributed by atoms with E-state index in [1.807, 2.05) is 0 Å². The first-order chi connectivity index (χ1) is 4.22. The minimum atomic E-state index is -0.197. The molecule has 5 heteroatoms. The Morgan fingerprint density at radius 3 is 2.78 bits per heavy atom. The highest BCUT2D eigenvalue weighted by Gasteiger charge is 1.95. The van der Waals surface area contributed by atoms with E-state index in [-0.39, 0.29) is 5.56 Å². The van der Waals surface area contributed by atoms with Crippen molar-refractivity contribution >= 4 is 32.1 Å². The van der Waals surface area contributed by atoms with Crippen molar-refractivity contribution in [3.63, 3.8) is 0 Å². The number of rotatable bonds is 0. The molecule has 1 aromatic rings. The van der Waals surface area contributed by atoms with Gasteiger partial charge in [0.1, 0.15) is 0 Å². The van der Waals surface area contributed by atoms with Gasteiger partial charge in [0, 0.05) is 12.4 Å². The van der Waals surface area contributed by atoms with Crippen LogP contribution in [0.3, 0.4) is 0 Å². The number of hydrogen-bond donors (Lipinski definition) is 0. The number of halogens is 2. The van der Waals surface area contributed by atoms with Gasteiger partial charge in [-0.2, -0.15) is 0 Å². The average molecular weight is 254 g/mol. The van der Waals surface area contributed by atoms with Gasteiger partial charge in [-0.05, 0) is 15.9 Å². The molecular weight excluding hydrogens is 252 g/mol. The topological polar surface area (TPSA) is 34.9 Å². The van der Waals surface area contributed by atoms with E-state index >= 15 is 0 Å². The zero-order valence-corrected chi connectivity index (χ0v) is 7.39. The molecule has 0 amide bonds. The third-order valence-corrected chi connectivity index (χ3v) is 1.86. The van der Waals surface area contributed by atoms with Crippen molar-refractivity contribution in [3.8, 4) is 0 Å². The Kier molecular flexibility index (Phi) is 2.02. The van der Waals surface area contributed by atoms with Crippen LogP contribution in [0.2, 0.25) is 0 Å². The van der Waals surface area contributed by atoms with Gasteiger partial charge in [0.05, 0.1) is 16.1 Å². The molecule has 0 saturated heterocycles. The second-order valence-corrected chi connectivity index (χ2v) is 2.85. The average Bonchev–Trinajstić information content (AvgIpc) is 1.83. The molecule has 0 radical (unpaired) electrons. The molecule has 0 aliphatic heterocycles. The lowest BCUT2D eigenvalue weighted by molar-refractivity contribution is 1.06. The molecule has 0 bridgehead atoms. The molecule has 1 heterocycles. The van der Waals surface area contributed by atoms with Crippen LogP contribution in [0.15, 0.2) is 21.8 Å². The minimum Gasteiger partial charge on any atom is -0.265 e. The van der Waals surface area contributed by atoms with Crippen molar-refractivity contribution in [2.45, 2.75) is 0 Å². The van der Waals surface area contributed by atoms with Crippen molar-refractivity contribution in [3.05, 3.63) is 27.4 Å². The summed E-state index contributed by atoms with van der Waals surface area (Å²) in [7, 11) is 0. The van der Waals surface area contributed by atoms with Gasteiger partial charge in [-0.25, -0.2) is 8.58 Å². The summed E-state index contributed by atoms with van der Waals surface area (Å²) >= 11 is 5.95. The van der Waals surface area contributed by atoms with E-state index in [4.69, 9.17) is 0 Å². The van der Waals surface area contributed by atoms with Crippen LogP contribution < -0.4 is 5.56 Å². The second kappa shape index (κ2) is 2.62. The maximum Gasteiger partial charge on any atom is 0.293 e. The molecule has 0 spiro atoms. The summed E-state index contributed by atoms with van der Waals surface area (Å²) in [5.41, 5.74) is -0.197. The smallest absolute Gasteiger partial charge is 0.265 e. The Bertz CT molecular complexity index is 246. The summed E-state index contributed by atoms with van der Waals surface area (Å²) in [6, 6.07) is 0. The molecule has 9 heavy (non-hydrogen) atoms. The molecule has 0 aliphatic carbocycles. The van der Waals surface area contributed by atoms with E-state index in [9.17, 15) is 4.79 Å². The molecule has 48 valence electrons. The van der Waals surface area contributed by atoms with Gasteiger partial charge in [0.15, 0.2) is 4.60 Å². The molecule has 0 saturated carbocycles. The molecule has 3 nitrogen and oxygen atoms in total. The number of aromatic nitrogens is 2. The molecular formula is C4H2Br2N2O. The third kappa shape index (κ3) is 1.40. The zero-order chi connectivity index (χ0) is 6.85. The van der Waals surface area contributed by atoms with E-state index in [0.29, 0.717) is 4.60 Å². The zero-order valence-electron chi connectivity index (χ0n) is 4.21. The predicted octanol–water partition coefficient (Wildman–Crippen LogP) is 1.16. The minimum absolute atomic E-state index is 0.197. The van der Waals surface area contributed by atoms with Gasteiger partial charge >= 0.3 is 0 Å². The summed E-state index contributed by atoms with van der Waals surface area (Å²) in [6.45, 7) is 0. The Hall–Kier alpha value is -0.160. The first-order valence-electron chi connectivity index (χ1n) is 2.11. The van der Waals surface area contributed by atoms with Gasteiger partial charge in [-0.3, -0.25) is 4.79 Å². The monoisotopic (exact) mass is 252 g/mol. The molecule has 0 fully saturated rings. The van der Waals surface area contributed by atoms with Crippen molar-refractivity contribution in [1.29, 1.82) is 0 Å². The van der Waals surface area contributed by atoms with Gasteiger partial charge in [0.2, 0.25) is 0 Å². The summed E-state index contributed by atoms with van der Waals surface area (Å²) < 4.78 is 1.58. The SMILES string of the molecule is O=c1c(Br)nccn1Br. The van der Waals surface area contributed by atoms with E-state index in [2.05, 4.69) is 37.1 Å². The number of hydrogen-bond acceptors (Lipinski definition) is 2. The summed E-state index contributed by atoms with van der Waals surface area (Å²) in [5.74, 6) is 0. The van der Waals surface area contributed by atoms with Gasteiger partial charge < -0.3 is 0 Å². The molecule has 0 aliphatic rings. The van der Waals surface area contributed by atoms with Crippen molar-refractivity contribution in [2.75, 3.05) is 0 Å². The molecule has 0 atom stereocenters. The lowest BCUT2D eigenvalue weighted by atomic mass is 10.8. The second-order valence-electron chi connectivity index (χ2n) is 1.33. The van der Waals surface area contributed by atoms with Crippen molar-refractivity contribution < 1.29 is 0 Å². The lowest BCUT2D eigenvalue weighted by Gasteiger charge is -1.90. The fourth-order valence-electron chi connectivity index (χ4n) is 0.368. The highest BCUT2D eigenvalue weighted by Crippen LogP contribution is 1.96.